The maximum absolute atomic E-state index is 11.9. The first-order chi connectivity index (χ1) is 7.65. The number of rotatable bonds is 3. The van der Waals surface area contributed by atoms with Gasteiger partial charge in [-0.1, -0.05) is 0 Å². The number of aliphatic hydroxyl groups excluding tert-OH is 1. The van der Waals surface area contributed by atoms with Gasteiger partial charge in [0.25, 0.3) is 0 Å². The Labute approximate surface area is 103 Å². The number of aliphatic hydroxyl groups is 1. The molecule has 1 amide bonds. The summed E-state index contributed by atoms with van der Waals surface area (Å²) in [7, 11) is 0. The molecule has 2 rings (SSSR count). The summed E-state index contributed by atoms with van der Waals surface area (Å²) in [6, 6.07) is 2.07. The summed E-state index contributed by atoms with van der Waals surface area (Å²) in [5.41, 5.74) is 1.23. The lowest BCUT2D eigenvalue weighted by Crippen LogP contribution is -2.32. The molecule has 0 aromatic carbocycles. The van der Waals surface area contributed by atoms with Crippen LogP contribution >= 0.6 is 23.1 Å². The van der Waals surface area contributed by atoms with Crippen LogP contribution < -0.4 is 0 Å². The van der Waals surface area contributed by atoms with E-state index in [1.807, 2.05) is 6.92 Å². The number of amides is 1. The van der Waals surface area contributed by atoms with Gasteiger partial charge in [-0.15, -0.1) is 23.1 Å². The predicted octanol–water partition coefficient (Wildman–Crippen LogP) is 2.01. The zero-order valence-corrected chi connectivity index (χ0v) is 11.0. The summed E-state index contributed by atoms with van der Waals surface area (Å²) in [5.74, 6) is 0.136. The van der Waals surface area contributed by atoms with E-state index < -0.39 is 0 Å². The molecular formula is C11H15NO2S2. The van der Waals surface area contributed by atoms with Gasteiger partial charge in [0.05, 0.1) is 11.9 Å². The fourth-order valence-electron chi connectivity index (χ4n) is 1.85. The molecule has 0 bridgehead atoms. The van der Waals surface area contributed by atoms with Crippen LogP contribution in [0.5, 0.6) is 0 Å². The minimum absolute atomic E-state index is 0.00181. The van der Waals surface area contributed by atoms with Crippen LogP contribution in [0, 0.1) is 6.92 Å². The highest BCUT2D eigenvalue weighted by atomic mass is 32.2. The van der Waals surface area contributed by atoms with Gasteiger partial charge in [0.15, 0.2) is 0 Å². The quantitative estimate of drug-likeness (QED) is 0.900. The first-order valence-corrected chi connectivity index (χ1v) is 7.08. The maximum atomic E-state index is 11.9. The Balaban J connectivity index is 2.27. The molecule has 1 saturated heterocycles. The molecule has 2 atom stereocenters. The molecule has 88 valence electrons. The van der Waals surface area contributed by atoms with Crippen LogP contribution in [0.4, 0.5) is 0 Å². The average molecular weight is 257 g/mol. The SMILES string of the molecule is Cc1ccsc1C1SC(C)C(=O)N1CCO. The maximum Gasteiger partial charge on any atom is 0.236 e. The van der Waals surface area contributed by atoms with Gasteiger partial charge in [-0.2, -0.15) is 0 Å². The lowest BCUT2D eigenvalue weighted by Gasteiger charge is -2.22. The van der Waals surface area contributed by atoms with Crippen LogP contribution in [0.15, 0.2) is 11.4 Å². The zero-order chi connectivity index (χ0) is 11.7. The van der Waals surface area contributed by atoms with E-state index in [4.69, 9.17) is 5.11 Å². The van der Waals surface area contributed by atoms with Gasteiger partial charge in [0, 0.05) is 11.4 Å². The number of thiophene rings is 1. The lowest BCUT2D eigenvalue weighted by molar-refractivity contribution is -0.130. The molecule has 1 aromatic rings. The number of aryl methyl sites for hydroxylation is 1. The van der Waals surface area contributed by atoms with Crippen molar-refractivity contribution in [2.24, 2.45) is 0 Å². The molecule has 1 aromatic heterocycles. The number of nitrogens with zero attached hydrogens (tertiary/aromatic N) is 1. The molecule has 2 heterocycles. The summed E-state index contributed by atoms with van der Waals surface area (Å²) in [6.45, 7) is 4.45. The summed E-state index contributed by atoms with van der Waals surface area (Å²) in [5, 5.41) is 11.2. The molecule has 3 nitrogen and oxygen atoms in total. The van der Waals surface area contributed by atoms with Gasteiger partial charge in [0.1, 0.15) is 5.37 Å². The van der Waals surface area contributed by atoms with Gasteiger partial charge >= 0.3 is 0 Å². The smallest absolute Gasteiger partial charge is 0.236 e. The summed E-state index contributed by atoms with van der Waals surface area (Å²) < 4.78 is 0. The van der Waals surface area contributed by atoms with Crippen molar-refractivity contribution in [1.82, 2.24) is 4.90 Å². The second kappa shape index (κ2) is 4.77. The number of hydrogen-bond donors (Lipinski definition) is 1. The van der Waals surface area contributed by atoms with Crippen molar-refractivity contribution in [1.29, 1.82) is 0 Å². The van der Waals surface area contributed by atoms with Gasteiger partial charge in [-0.05, 0) is 30.9 Å². The summed E-state index contributed by atoms with van der Waals surface area (Å²) >= 11 is 3.35. The largest absolute Gasteiger partial charge is 0.395 e. The molecule has 0 aliphatic carbocycles. The second-order valence-corrected chi connectivity index (χ2v) is 6.23. The van der Waals surface area contributed by atoms with Gasteiger partial charge in [-0.3, -0.25) is 4.79 Å². The fraction of sp³-hybridized carbons (Fsp3) is 0.545. The van der Waals surface area contributed by atoms with Crippen LogP contribution in [-0.4, -0.2) is 34.3 Å². The van der Waals surface area contributed by atoms with Crippen LogP contribution in [0.1, 0.15) is 22.7 Å². The Morgan fingerprint density at radius 3 is 2.88 bits per heavy atom. The topological polar surface area (TPSA) is 40.5 Å². The van der Waals surface area contributed by atoms with Crippen molar-refractivity contribution in [2.75, 3.05) is 13.2 Å². The first-order valence-electron chi connectivity index (χ1n) is 5.26. The molecule has 0 saturated carbocycles. The van der Waals surface area contributed by atoms with Crippen molar-refractivity contribution in [3.8, 4) is 0 Å². The van der Waals surface area contributed by atoms with Crippen molar-refractivity contribution < 1.29 is 9.90 Å². The third-order valence-corrected chi connectivity index (χ3v) is 5.29. The fourth-order valence-corrected chi connectivity index (χ4v) is 4.40. The Morgan fingerprint density at radius 1 is 1.56 bits per heavy atom. The van der Waals surface area contributed by atoms with E-state index in [0.717, 1.165) is 0 Å². The van der Waals surface area contributed by atoms with Crippen molar-refractivity contribution >= 4 is 29.0 Å². The Bertz CT molecular complexity index is 391. The third-order valence-electron chi connectivity index (χ3n) is 2.71. The second-order valence-electron chi connectivity index (χ2n) is 3.85. The number of carbonyl (C=O) groups excluding carboxylic acids is 1. The number of carbonyl (C=O) groups is 1. The lowest BCUT2D eigenvalue weighted by atomic mass is 10.2. The molecular weight excluding hydrogens is 242 g/mol. The minimum atomic E-state index is -0.00181. The summed E-state index contributed by atoms with van der Waals surface area (Å²) in [4.78, 5) is 14.9. The standard InChI is InChI=1S/C11H15NO2S2/c1-7-3-6-15-9(7)11-12(4-5-13)10(14)8(2)16-11/h3,6,8,11,13H,4-5H2,1-2H3. The van der Waals surface area contributed by atoms with E-state index in [2.05, 4.69) is 18.4 Å². The highest BCUT2D eigenvalue weighted by Crippen LogP contribution is 2.45. The van der Waals surface area contributed by atoms with Crippen molar-refractivity contribution in [3.05, 3.63) is 21.9 Å². The van der Waals surface area contributed by atoms with Crippen molar-refractivity contribution in [2.45, 2.75) is 24.5 Å². The first kappa shape index (κ1) is 12.0. The highest BCUT2D eigenvalue weighted by molar-refractivity contribution is 8.01. The summed E-state index contributed by atoms with van der Waals surface area (Å²) in [6.07, 6.45) is 0. The molecule has 2 unspecified atom stereocenters. The minimum Gasteiger partial charge on any atom is -0.395 e. The Hall–Kier alpha value is -0.520. The molecule has 5 heteroatoms. The number of hydrogen-bond acceptors (Lipinski definition) is 4. The van der Waals surface area contributed by atoms with E-state index in [1.165, 1.54) is 10.4 Å². The average Bonchev–Trinajstić information content (AvgIpc) is 2.77. The zero-order valence-electron chi connectivity index (χ0n) is 9.34. The van der Waals surface area contributed by atoms with Crippen LogP contribution in [0.3, 0.4) is 0 Å². The van der Waals surface area contributed by atoms with E-state index >= 15 is 0 Å². The van der Waals surface area contributed by atoms with Crippen LogP contribution in [0.25, 0.3) is 0 Å². The van der Waals surface area contributed by atoms with E-state index in [1.54, 1.807) is 28.0 Å². The molecule has 0 spiro atoms. The Kier molecular flexibility index (Phi) is 3.56. The molecule has 1 N–H and O–H groups in total. The number of thioether (sulfide) groups is 1. The molecule has 1 fully saturated rings. The van der Waals surface area contributed by atoms with Crippen molar-refractivity contribution in [3.63, 3.8) is 0 Å². The molecule has 1 aliphatic heterocycles. The van der Waals surface area contributed by atoms with Gasteiger partial charge < -0.3 is 10.0 Å². The monoisotopic (exact) mass is 257 g/mol. The molecule has 16 heavy (non-hydrogen) atoms. The predicted molar refractivity (Wildman–Crippen MR) is 67.6 cm³/mol. The molecule has 0 radical (unpaired) electrons. The van der Waals surface area contributed by atoms with Gasteiger partial charge in [0.2, 0.25) is 5.91 Å². The number of β-amino-alcohol motifs (C(OH)–C–C–N with tert-alkyl or cyclic N) is 1. The van der Waals surface area contributed by atoms with E-state index in [9.17, 15) is 4.79 Å². The van der Waals surface area contributed by atoms with Gasteiger partial charge in [-0.25, -0.2) is 0 Å². The van der Waals surface area contributed by atoms with Crippen LogP contribution in [-0.2, 0) is 4.79 Å². The Morgan fingerprint density at radius 2 is 2.31 bits per heavy atom. The van der Waals surface area contributed by atoms with E-state index in [0.29, 0.717) is 6.54 Å². The van der Waals surface area contributed by atoms with Crippen LogP contribution in [0.2, 0.25) is 0 Å². The highest BCUT2D eigenvalue weighted by Gasteiger charge is 2.39. The third kappa shape index (κ3) is 1.99. The van der Waals surface area contributed by atoms with E-state index in [-0.39, 0.29) is 23.1 Å². The molecule has 1 aliphatic rings. The normalized spacial score (nSPS) is 25.4.